The molecule has 0 saturated heterocycles. The summed E-state index contributed by atoms with van der Waals surface area (Å²) in [7, 11) is -3.83. The van der Waals surface area contributed by atoms with Crippen LogP contribution in [0.15, 0.2) is 53.4 Å². The Morgan fingerprint density at radius 1 is 1.16 bits per heavy atom. The van der Waals surface area contributed by atoms with Crippen LogP contribution < -0.4 is 14.4 Å². The van der Waals surface area contributed by atoms with Crippen molar-refractivity contribution in [3.63, 3.8) is 0 Å². The maximum Gasteiger partial charge on any atom is 0.264 e. The molecule has 0 radical (unpaired) electrons. The van der Waals surface area contributed by atoms with Crippen molar-refractivity contribution in [3.8, 4) is 5.75 Å². The van der Waals surface area contributed by atoms with Gasteiger partial charge in [0.25, 0.3) is 15.9 Å². The fourth-order valence-corrected chi connectivity index (χ4v) is 6.72. The van der Waals surface area contributed by atoms with Crippen LogP contribution in [0.5, 0.6) is 5.75 Å². The van der Waals surface area contributed by atoms with Crippen LogP contribution in [0.4, 0.5) is 5.69 Å². The van der Waals surface area contributed by atoms with Crippen molar-refractivity contribution in [1.29, 1.82) is 0 Å². The van der Waals surface area contributed by atoms with Crippen molar-refractivity contribution >= 4 is 33.4 Å². The molecule has 2 aliphatic rings. The van der Waals surface area contributed by atoms with Gasteiger partial charge in [-0.1, -0.05) is 37.1 Å². The Labute approximate surface area is 188 Å². The average Bonchev–Trinajstić information content (AvgIpc) is 3.30. The second-order valence-corrected chi connectivity index (χ2v) is 11.3. The van der Waals surface area contributed by atoms with E-state index in [-0.39, 0.29) is 17.3 Å². The van der Waals surface area contributed by atoms with Gasteiger partial charge in [-0.2, -0.15) is 11.8 Å². The monoisotopic (exact) mass is 460 g/mol. The molecule has 1 fully saturated rings. The highest BCUT2D eigenvalue weighted by Gasteiger charge is 2.37. The van der Waals surface area contributed by atoms with Crippen LogP contribution >= 0.6 is 11.8 Å². The smallest absolute Gasteiger partial charge is 0.264 e. The van der Waals surface area contributed by atoms with E-state index in [9.17, 15) is 13.2 Å². The Balaban J connectivity index is 1.49. The third-order valence-electron chi connectivity index (χ3n) is 5.66. The molecule has 0 aromatic heterocycles. The zero-order valence-electron chi connectivity index (χ0n) is 17.6. The molecule has 6 nitrogen and oxygen atoms in total. The number of fused-ring (bicyclic) bond motifs is 1. The Kier molecular flexibility index (Phi) is 6.77. The third-order valence-corrected chi connectivity index (χ3v) is 8.84. The summed E-state index contributed by atoms with van der Waals surface area (Å²) in [4.78, 5) is 13.0. The van der Waals surface area contributed by atoms with E-state index in [0.29, 0.717) is 23.2 Å². The number of hydrogen-bond acceptors (Lipinski definition) is 5. The number of amides is 1. The molecule has 0 unspecified atom stereocenters. The summed E-state index contributed by atoms with van der Waals surface area (Å²) in [6.07, 6.45) is 4.21. The minimum absolute atomic E-state index is 0.0602. The van der Waals surface area contributed by atoms with Gasteiger partial charge < -0.3 is 10.1 Å². The molecule has 1 N–H and O–H groups in total. The number of hydrogen-bond donors (Lipinski definition) is 1. The number of carbonyl (C=O) groups is 1. The highest BCUT2D eigenvalue weighted by atomic mass is 32.2. The number of benzene rings is 2. The largest absolute Gasteiger partial charge is 0.476 e. The van der Waals surface area contributed by atoms with Gasteiger partial charge in [0.1, 0.15) is 5.75 Å². The molecule has 2 aromatic rings. The lowest BCUT2D eigenvalue weighted by atomic mass is 10.1. The summed E-state index contributed by atoms with van der Waals surface area (Å²) in [6, 6.07) is 13.6. The highest BCUT2D eigenvalue weighted by Crippen LogP contribution is 2.37. The second kappa shape index (κ2) is 9.53. The Hall–Kier alpha value is -2.19. The maximum atomic E-state index is 13.4. The predicted molar refractivity (Wildman–Crippen MR) is 124 cm³/mol. The summed E-state index contributed by atoms with van der Waals surface area (Å²) < 4.78 is 34.0. The SMILES string of the molecule is Cc1ccc2c(c1)N(S(=O)(=O)c1ccccc1)C[C@H](C(=O)NCCSC1CCCC1)O2. The molecule has 8 heteroatoms. The molecule has 0 spiro atoms. The number of nitrogens with one attached hydrogen (secondary N) is 1. The molecule has 2 aromatic carbocycles. The van der Waals surface area contributed by atoms with Crippen molar-refractivity contribution in [3.05, 3.63) is 54.1 Å². The van der Waals surface area contributed by atoms with E-state index in [1.165, 1.54) is 30.0 Å². The molecule has 1 amide bonds. The number of anilines is 1. The molecule has 1 aliphatic heterocycles. The maximum absolute atomic E-state index is 13.4. The zero-order chi connectivity index (χ0) is 21.8. The van der Waals surface area contributed by atoms with Gasteiger partial charge >= 0.3 is 0 Å². The first kappa shape index (κ1) is 22.0. The summed E-state index contributed by atoms with van der Waals surface area (Å²) in [5.74, 6) is 0.966. The molecule has 0 bridgehead atoms. The van der Waals surface area contributed by atoms with E-state index in [4.69, 9.17) is 4.74 Å². The van der Waals surface area contributed by atoms with Crippen molar-refractivity contribution in [2.45, 2.75) is 48.9 Å². The topological polar surface area (TPSA) is 75.7 Å². The van der Waals surface area contributed by atoms with Gasteiger partial charge in [0.05, 0.1) is 17.1 Å². The summed E-state index contributed by atoms with van der Waals surface area (Å²) >= 11 is 1.90. The lowest BCUT2D eigenvalue weighted by molar-refractivity contribution is -0.127. The lowest BCUT2D eigenvalue weighted by Gasteiger charge is -2.35. The normalized spacial score (nSPS) is 19.0. The Morgan fingerprint density at radius 3 is 2.65 bits per heavy atom. The van der Waals surface area contributed by atoms with E-state index in [0.717, 1.165) is 11.3 Å². The number of carbonyl (C=O) groups excluding carboxylic acids is 1. The average molecular weight is 461 g/mol. The quantitative estimate of drug-likeness (QED) is 0.637. The number of aryl methyl sites for hydroxylation is 1. The van der Waals surface area contributed by atoms with Crippen LogP contribution in [-0.2, 0) is 14.8 Å². The van der Waals surface area contributed by atoms with E-state index in [2.05, 4.69) is 5.32 Å². The van der Waals surface area contributed by atoms with Gasteiger partial charge in [0, 0.05) is 17.5 Å². The molecule has 4 rings (SSSR count). The standard InChI is InChI=1S/C23H28N2O4S2/c1-17-11-12-21-20(15-17)25(31(27,28)19-9-3-2-4-10-19)16-22(29-21)23(26)24-13-14-30-18-7-5-6-8-18/h2-4,9-12,15,18,22H,5-8,13-14,16H2,1H3,(H,24,26)/t22-/m1/s1. The van der Waals surface area contributed by atoms with Crippen LogP contribution in [0.1, 0.15) is 31.2 Å². The second-order valence-electron chi connectivity index (χ2n) is 8.00. The van der Waals surface area contributed by atoms with Crippen LogP contribution in [0.25, 0.3) is 0 Å². The van der Waals surface area contributed by atoms with Gasteiger partial charge in [-0.3, -0.25) is 9.10 Å². The molecule has 1 atom stereocenters. The summed E-state index contributed by atoms with van der Waals surface area (Å²) in [6.45, 7) is 2.38. The number of ether oxygens (including phenoxy) is 1. The van der Waals surface area contributed by atoms with Crippen molar-refractivity contribution in [1.82, 2.24) is 5.32 Å². The van der Waals surface area contributed by atoms with Crippen LogP contribution in [0.3, 0.4) is 0 Å². The number of thioether (sulfide) groups is 1. The number of rotatable bonds is 7. The van der Waals surface area contributed by atoms with E-state index >= 15 is 0 Å². The zero-order valence-corrected chi connectivity index (χ0v) is 19.3. The van der Waals surface area contributed by atoms with E-state index in [1.807, 2.05) is 24.8 Å². The highest BCUT2D eigenvalue weighted by molar-refractivity contribution is 7.99. The first-order valence-electron chi connectivity index (χ1n) is 10.7. The van der Waals surface area contributed by atoms with E-state index in [1.54, 1.807) is 42.5 Å². The van der Waals surface area contributed by atoms with E-state index < -0.39 is 16.1 Å². The van der Waals surface area contributed by atoms with Crippen LogP contribution in [0.2, 0.25) is 0 Å². The molecule has 31 heavy (non-hydrogen) atoms. The molecular weight excluding hydrogens is 432 g/mol. The summed E-state index contributed by atoms with van der Waals surface area (Å²) in [5, 5.41) is 3.62. The molecule has 166 valence electrons. The summed E-state index contributed by atoms with van der Waals surface area (Å²) in [5.41, 5.74) is 1.38. The Morgan fingerprint density at radius 2 is 1.90 bits per heavy atom. The fourth-order valence-electron chi connectivity index (χ4n) is 4.01. The van der Waals surface area contributed by atoms with Crippen molar-refractivity contribution in [2.24, 2.45) is 0 Å². The van der Waals surface area contributed by atoms with Gasteiger partial charge in [0.2, 0.25) is 0 Å². The van der Waals surface area contributed by atoms with Gasteiger partial charge in [0.15, 0.2) is 6.10 Å². The Bertz CT molecular complexity index is 1020. The lowest BCUT2D eigenvalue weighted by Crippen LogP contribution is -2.51. The molecule has 1 aliphatic carbocycles. The van der Waals surface area contributed by atoms with Crippen LogP contribution in [-0.4, -0.2) is 44.5 Å². The molecule has 1 saturated carbocycles. The third kappa shape index (κ3) is 5.01. The fraction of sp³-hybridized carbons (Fsp3) is 0.435. The predicted octanol–water partition coefficient (Wildman–Crippen LogP) is 3.74. The van der Waals surface area contributed by atoms with Gasteiger partial charge in [-0.15, -0.1) is 0 Å². The van der Waals surface area contributed by atoms with Gasteiger partial charge in [-0.25, -0.2) is 8.42 Å². The van der Waals surface area contributed by atoms with Crippen molar-refractivity contribution in [2.75, 3.05) is 23.1 Å². The van der Waals surface area contributed by atoms with Crippen LogP contribution in [0, 0.1) is 6.92 Å². The minimum atomic E-state index is -3.83. The van der Waals surface area contributed by atoms with Gasteiger partial charge in [-0.05, 0) is 49.6 Å². The minimum Gasteiger partial charge on any atom is -0.476 e. The number of sulfonamides is 1. The van der Waals surface area contributed by atoms with Crippen molar-refractivity contribution < 1.29 is 17.9 Å². The molecular formula is C23H28N2O4S2. The molecule has 1 heterocycles. The number of nitrogens with zero attached hydrogens (tertiary/aromatic N) is 1. The first-order valence-corrected chi connectivity index (χ1v) is 13.2. The first-order chi connectivity index (χ1) is 14.9.